The van der Waals surface area contributed by atoms with E-state index in [4.69, 9.17) is 9.47 Å². The van der Waals surface area contributed by atoms with E-state index in [1.165, 1.54) is 12.1 Å². The van der Waals surface area contributed by atoms with Crippen molar-refractivity contribution in [1.29, 1.82) is 0 Å². The molecule has 0 saturated heterocycles. The Bertz CT molecular complexity index is 721. The lowest BCUT2D eigenvalue weighted by atomic mass is 10.1. The highest BCUT2D eigenvalue weighted by atomic mass is 79.9. The molecule has 0 bridgehead atoms. The van der Waals surface area contributed by atoms with Crippen molar-refractivity contribution in [2.45, 2.75) is 6.54 Å². The zero-order valence-corrected chi connectivity index (χ0v) is 13.2. The quantitative estimate of drug-likeness (QED) is 0.907. The van der Waals surface area contributed by atoms with Gasteiger partial charge in [-0.15, -0.1) is 0 Å². The second-order valence-electron chi connectivity index (χ2n) is 4.75. The van der Waals surface area contributed by atoms with Crippen LogP contribution in [0.5, 0.6) is 11.5 Å². The lowest BCUT2D eigenvalue weighted by Gasteiger charge is -2.20. The Balaban J connectivity index is 1.76. The van der Waals surface area contributed by atoms with Crippen LogP contribution in [-0.4, -0.2) is 19.1 Å². The van der Waals surface area contributed by atoms with Crippen molar-refractivity contribution in [3.8, 4) is 11.5 Å². The Morgan fingerprint density at radius 2 is 2.05 bits per heavy atom. The summed E-state index contributed by atoms with van der Waals surface area (Å²) in [6.07, 6.45) is 0. The van der Waals surface area contributed by atoms with E-state index in [2.05, 4.69) is 21.2 Å². The van der Waals surface area contributed by atoms with Crippen LogP contribution in [0.4, 0.5) is 4.39 Å². The van der Waals surface area contributed by atoms with Gasteiger partial charge in [-0.25, -0.2) is 4.39 Å². The number of hydrogen-bond donors (Lipinski definition) is 1. The van der Waals surface area contributed by atoms with Gasteiger partial charge in [-0.2, -0.15) is 0 Å². The first-order valence-electron chi connectivity index (χ1n) is 6.76. The minimum atomic E-state index is -0.346. The number of hydrogen-bond acceptors (Lipinski definition) is 3. The summed E-state index contributed by atoms with van der Waals surface area (Å²) in [6.45, 7) is 1.09. The number of amides is 1. The number of rotatable bonds is 3. The molecular formula is C16H13BrFNO3. The van der Waals surface area contributed by atoms with Crippen molar-refractivity contribution < 1.29 is 18.7 Å². The van der Waals surface area contributed by atoms with E-state index in [-0.39, 0.29) is 18.3 Å². The summed E-state index contributed by atoms with van der Waals surface area (Å²) in [5, 5.41) is 2.76. The minimum absolute atomic E-state index is 0.210. The Labute approximate surface area is 135 Å². The second-order valence-corrected chi connectivity index (χ2v) is 5.60. The molecule has 1 N–H and O–H groups in total. The van der Waals surface area contributed by atoms with Crippen LogP contribution >= 0.6 is 15.9 Å². The molecule has 0 radical (unpaired) electrons. The van der Waals surface area contributed by atoms with Gasteiger partial charge in [0.05, 0.1) is 5.56 Å². The summed E-state index contributed by atoms with van der Waals surface area (Å²) in [6, 6.07) is 9.51. The monoisotopic (exact) mass is 365 g/mol. The van der Waals surface area contributed by atoms with Gasteiger partial charge in [-0.3, -0.25) is 4.79 Å². The van der Waals surface area contributed by atoms with E-state index >= 15 is 0 Å². The summed E-state index contributed by atoms with van der Waals surface area (Å²) in [5.74, 6) is 0.371. The molecule has 0 unspecified atom stereocenters. The van der Waals surface area contributed by atoms with Crippen molar-refractivity contribution in [2.75, 3.05) is 13.2 Å². The van der Waals surface area contributed by atoms with Gasteiger partial charge >= 0.3 is 0 Å². The number of benzene rings is 2. The van der Waals surface area contributed by atoms with E-state index in [0.717, 1.165) is 4.47 Å². The maximum absolute atomic E-state index is 13.2. The first kappa shape index (κ1) is 14.8. The van der Waals surface area contributed by atoms with Crippen LogP contribution in [0, 0.1) is 5.82 Å². The Morgan fingerprint density at radius 1 is 1.23 bits per heavy atom. The van der Waals surface area contributed by atoms with Crippen molar-refractivity contribution in [3.63, 3.8) is 0 Å². The SMILES string of the molecule is O=C(NCc1cc(F)ccc1Br)c1cccc2c1OCCO2. The van der Waals surface area contributed by atoms with Gasteiger partial charge in [-0.05, 0) is 35.9 Å². The molecule has 22 heavy (non-hydrogen) atoms. The molecule has 0 fully saturated rings. The van der Waals surface area contributed by atoms with Crippen molar-refractivity contribution in [3.05, 3.63) is 57.8 Å². The molecule has 0 spiro atoms. The van der Waals surface area contributed by atoms with E-state index in [1.807, 2.05) is 0 Å². The van der Waals surface area contributed by atoms with Gasteiger partial charge in [-0.1, -0.05) is 22.0 Å². The first-order chi connectivity index (χ1) is 10.6. The van der Waals surface area contributed by atoms with Crippen LogP contribution < -0.4 is 14.8 Å². The summed E-state index contributed by atoms with van der Waals surface area (Å²) in [4.78, 5) is 12.3. The maximum Gasteiger partial charge on any atom is 0.255 e. The topological polar surface area (TPSA) is 47.6 Å². The fourth-order valence-corrected chi connectivity index (χ4v) is 2.59. The highest BCUT2D eigenvalue weighted by molar-refractivity contribution is 9.10. The summed E-state index contributed by atoms with van der Waals surface area (Å²) in [7, 11) is 0. The molecule has 1 aliphatic rings. The fraction of sp³-hybridized carbons (Fsp3) is 0.188. The van der Waals surface area contributed by atoms with Crippen LogP contribution in [0.1, 0.15) is 15.9 Å². The average Bonchev–Trinajstić information content (AvgIpc) is 2.55. The lowest BCUT2D eigenvalue weighted by Crippen LogP contribution is -2.25. The van der Waals surface area contributed by atoms with E-state index in [9.17, 15) is 9.18 Å². The molecule has 1 heterocycles. The third-order valence-corrected chi connectivity index (χ3v) is 4.03. The van der Waals surface area contributed by atoms with Crippen LogP contribution in [-0.2, 0) is 6.54 Å². The Kier molecular flexibility index (Phi) is 4.29. The number of ether oxygens (including phenoxy) is 2. The number of nitrogens with one attached hydrogen (secondary N) is 1. The number of carbonyl (C=O) groups excluding carboxylic acids is 1. The Hall–Kier alpha value is -2.08. The van der Waals surface area contributed by atoms with Crippen LogP contribution in [0.25, 0.3) is 0 Å². The standard InChI is InChI=1S/C16H13BrFNO3/c17-13-5-4-11(18)8-10(13)9-19-16(20)12-2-1-3-14-15(12)22-7-6-21-14/h1-5,8H,6-7,9H2,(H,19,20). The third kappa shape index (κ3) is 3.06. The highest BCUT2D eigenvalue weighted by Crippen LogP contribution is 2.33. The predicted molar refractivity (Wildman–Crippen MR) is 82.7 cm³/mol. The zero-order valence-electron chi connectivity index (χ0n) is 11.6. The number of carbonyl (C=O) groups is 1. The molecule has 1 amide bonds. The fourth-order valence-electron chi connectivity index (χ4n) is 2.20. The van der Waals surface area contributed by atoms with E-state index < -0.39 is 0 Å². The predicted octanol–water partition coefficient (Wildman–Crippen LogP) is 3.29. The largest absolute Gasteiger partial charge is 0.486 e. The highest BCUT2D eigenvalue weighted by Gasteiger charge is 2.20. The third-order valence-electron chi connectivity index (χ3n) is 3.26. The molecule has 4 nitrogen and oxygen atoms in total. The van der Waals surface area contributed by atoms with Gasteiger partial charge in [0.2, 0.25) is 0 Å². The molecule has 0 aliphatic carbocycles. The molecule has 1 aliphatic heterocycles. The second kappa shape index (κ2) is 6.36. The molecular weight excluding hydrogens is 353 g/mol. The number of para-hydroxylation sites is 1. The van der Waals surface area contributed by atoms with E-state index in [1.54, 1.807) is 24.3 Å². The smallest absolute Gasteiger partial charge is 0.255 e. The van der Waals surface area contributed by atoms with Crippen molar-refractivity contribution in [2.24, 2.45) is 0 Å². The maximum atomic E-state index is 13.2. The van der Waals surface area contributed by atoms with Gasteiger partial charge < -0.3 is 14.8 Å². The number of fused-ring (bicyclic) bond motifs is 1. The van der Waals surface area contributed by atoms with Crippen molar-refractivity contribution in [1.82, 2.24) is 5.32 Å². The summed E-state index contributed by atoms with van der Waals surface area (Å²) >= 11 is 3.33. The Morgan fingerprint density at radius 3 is 2.91 bits per heavy atom. The molecule has 6 heteroatoms. The molecule has 114 valence electrons. The van der Waals surface area contributed by atoms with E-state index in [0.29, 0.717) is 35.8 Å². The molecule has 0 aromatic heterocycles. The van der Waals surface area contributed by atoms with Crippen molar-refractivity contribution >= 4 is 21.8 Å². The summed E-state index contributed by atoms with van der Waals surface area (Å²) < 4.78 is 25.0. The zero-order chi connectivity index (χ0) is 15.5. The molecule has 0 atom stereocenters. The first-order valence-corrected chi connectivity index (χ1v) is 7.55. The number of halogens is 2. The summed E-state index contributed by atoms with van der Waals surface area (Å²) in [5.41, 5.74) is 1.07. The van der Waals surface area contributed by atoms with Gasteiger partial charge in [0.15, 0.2) is 11.5 Å². The molecule has 2 aromatic rings. The van der Waals surface area contributed by atoms with Gasteiger partial charge in [0.25, 0.3) is 5.91 Å². The van der Waals surface area contributed by atoms with Gasteiger partial charge in [0, 0.05) is 11.0 Å². The van der Waals surface area contributed by atoms with Crippen LogP contribution in [0.3, 0.4) is 0 Å². The molecule has 2 aromatic carbocycles. The molecule has 0 saturated carbocycles. The minimum Gasteiger partial charge on any atom is -0.486 e. The van der Waals surface area contributed by atoms with Gasteiger partial charge in [0.1, 0.15) is 19.0 Å². The normalized spacial score (nSPS) is 12.8. The molecule has 3 rings (SSSR count). The average molecular weight is 366 g/mol. The lowest BCUT2D eigenvalue weighted by molar-refractivity contribution is 0.0939. The van der Waals surface area contributed by atoms with Crippen LogP contribution in [0.2, 0.25) is 0 Å². The van der Waals surface area contributed by atoms with Crippen LogP contribution in [0.15, 0.2) is 40.9 Å².